The lowest BCUT2D eigenvalue weighted by Crippen LogP contribution is -2.51. The third-order valence-electron chi connectivity index (χ3n) is 5.40. The van der Waals surface area contributed by atoms with Gasteiger partial charge in [0.2, 0.25) is 5.91 Å². The van der Waals surface area contributed by atoms with Crippen LogP contribution in [-0.2, 0) is 9.53 Å². The molecule has 2 aliphatic heterocycles. The van der Waals surface area contributed by atoms with Crippen LogP contribution in [0.3, 0.4) is 0 Å². The van der Waals surface area contributed by atoms with Crippen molar-refractivity contribution in [1.82, 2.24) is 14.8 Å². The van der Waals surface area contributed by atoms with Gasteiger partial charge in [-0.3, -0.25) is 24.8 Å². The van der Waals surface area contributed by atoms with Crippen LogP contribution in [0.15, 0.2) is 30.6 Å². The third kappa shape index (κ3) is 3.76. The van der Waals surface area contributed by atoms with Crippen molar-refractivity contribution >= 4 is 28.1 Å². The number of nitro groups is 1. The van der Waals surface area contributed by atoms with Crippen molar-refractivity contribution < 1.29 is 14.5 Å². The molecular formula is C19H23N5O4. The van der Waals surface area contributed by atoms with E-state index >= 15 is 0 Å². The molecule has 2 aromatic rings. The van der Waals surface area contributed by atoms with Crippen LogP contribution in [0, 0.1) is 10.1 Å². The molecule has 0 N–H and O–H groups in total. The Labute approximate surface area is 162 Å². The fourth-order valence-corrected chi connectivity index (χ4v) is 3.85. The first kappa shape index (κ1) is 18.6. The number of carbonyl (C=O) groups excluding carboxylic acids is 1. The minimum atomic E-state index is -0.372. The molecule has 0 unspecified atom stereocenters. The Kier molecular flexibility index (Phi) is 5.36. The highest BCUT2D eigenvalue weighted by Crippen LogP contribution is 2.33. The van der Waals surface area contributed by atoms with E-state index in [4.69, 9.17) is 4.74 Å². The van der Waals surface area contributed by atoms with Gasteiger partial charge in [0.25, 0.3) is 5.69 Å². The van der Waals surface area contributed by atoms with E-state index in [1.54, 1.807) is 18.5 Å². The summed E-state index contributed by atoms with van der Waals surface area (Å²) in [6, 6.07) is 5.19. The van der Waals surface area contributed by atoms with Gasteiger partial charge in [-0.05, 0) is 12.1 Å². The van der Waals surface area contributed by atoms with Crippen LogP contribution in [0.1, 0.15) is 0 Å². The molecule has 4 rings (SSSR count). The maximum Gasteiger partial charge on any atom is 0.278 e. The molecule has 1 aromatic heterocycles. The number of amides is 1. The van der Waals surface area contributed by atoms with Crippen LogP contribution in [0.4, 0.5) is 11.4 Å². The summed E-state index contributed by atoms with van der Waals surface area (Å²) >= 11 is 0. The number of nitro benzene ring substituents is 1. The first-order valence-corrected chi connectivity index (χ1v) is 9.47. The zero-order valence-corrected chi connectivity index (χ0v) is 15.6. The fraction of sp³-hybridized carbons (Fsp3) is 0.474. The second-order valence-electron chi connectivity index (χ2n) is 7.04. The predicted octanol–water partition coefficient (Wildman–Crippen LogP) is 1.12. The number of hydrogen-bond acceptors (Lipinski definition) is 7. The Bertz CT molecular complexity index is 876. The molecule has 28 heavy (non-hydrogen) atoms. The number of ether oxygens (including phenoxy) is 1. The number of piperazine rings is 1. The van der Waals surface area contributed by atoms with Gasteiger partial charge < -0.3 is 14.5 Å². The summed E-state index contributed by atoms with van der Waals surface area (Å²) in [5.74, 6) is 0.156. The smallest absolute Gasteiger partial charge is 0.278 e. The molecule has 0 radical (unpaired) electrons. The number of anilines is 1. The van der Waals surface area contributed by atoms with Crippen LogP contribution in [0.2, 0.25) is 0 Å². The van der Waals surface area contributed by atoms with Crippen molar-refractivity contribution in [3.8, 4) is 0 Å². The molecule has 2 fully saturated rings. The van der Waals surface area contributed by atoms with Gasteiger partial charge in [0, 0.05) is 68.8 Å². The van der Waals surface area contributed by atoms with Crippen molar-refractivity contribution in [3.63, 3.8) is 0 Å². The standard InChI is InChI=1S/C19H23N5O4/c25-19(23-9-11-28-12-10-23)14-21-5-7-22(8-6-21)17-1-2-18(24(26)27)16-13-20-4-3-15(16)17/h1-4,13H,5-12,14H2. The lowest BCUT2D eigenvalue weighted by molar-refractivity contribution is -0.383. The van der Waals surface area contributed by atoms with E-state index in [-0.39, 0.29) is 16.5 Å². The predicted molar refractivity (Wildman–Crippen MR) is 104 cm³/mol. The lowest BCUT2D eigenvalue weighted by atomic mass is 10.1. The molecule has 9 heteroatoms. The first-order valence-electron chi connectivity index (χ1n) is 9.47. The van der Waals surface area contributed by atoms with E-state index in [1.165, 1.54) is 0 Å². The zero-order chi connectivity index (χ0) is 19.5. The maximum absolute atomic E-state index is 12.4. The maximum atomic E-state index is 12.4. The van der Waals surface area contributed by atoms with Gasteiger partial charge in [-0.2, -0.15) is 0 Å². The van der Waals surface area contributed by atoms with Crippen molar-refractivity contribution in [2.75, 3.05) is 63.9 Å². The quantitative estimate of drug-likeness (QED) is 0.575. The largest absolute Gasteiger partial charge is 0.378 e. The van der Waals surface area contributed by atoms with E-state index in [0.29, 0.717) is 38.2 Å². The van der Waals surface area contributed by atoms with E-state index in [9.17, 15) is 14.9 Å². The summed E-state index contributed by atoms with van der Waals surface area (Å²) in [7, 11) is 0. The van der Waals surface area contributed by atoms with E-state index in [2.05, 4.69) is 14.8 Å². The van der Waals surface area contributed by atoms with Crippen molar-refractivity contribution in [3.05, 3.63) is 40.7 Å². The number of fused-ring (bicyclic) bond motifs is 1. The Balaban J connectivity index is 1.43. The second-order valence-corrected chi connectivity index (χ2v) is 7.04. The molecular weight excluding hydrogens is 362 g/mol. The van der Waals surface area contributed by atoms with Gasteiger partial charge in [0.05, 0.1) is 30.1 Å². The molecule has 3 heterocycles. The van der Waals surface area contributed by atoms with Gasteiger partial charge in [0.1, 0.15) is 0 Å². The monoisotopic (exact) mass is 385 g/mol. The summed E-state index contributed by atoms with van der Waals surface area (Å²) in [5, 5.41) is 12.7. The molecule has 2 aliphatic rings. The molecule has 1 amide bonds. The molecule has 0 bridgehead atoms. The second kappa shape index (κ2) is 8.07. The minimum Gasteiger partial charge on any atom is -0.378 e. The topological polar surface area (TPSA) is 92.0 Å². The summed E-state index contributed by atoms with van der Waals surface area (Å²) < 4.78 is 5.30. The van der Waals surface area contributed by atoms with Crippen LogP contribution in [0.25, 0.3) is 10.8 Å². The van der Waals surface area contributed by atoms with E-state index < -0.39 is 0 Å². The van der Waals surface area contributed by atoms with Crippen molar-refractivity contribution in [1.29, 1.82) is 0 Å². The van der Waals surface area contributed by atoms with Crippen molar-refractivity contribution in [2.24, 2.45) is 0 Å². The van der Waals surface area contributed by atoms with Gasteiger partial charge >= 0.3 is 0 Å². The van der Waals surface area contributed by atoms with E-state index in [1.807, 2.05) is 17.0 Å². The number of non-ortho nitro benzene ring substituents is 1. The lowest BCUT2D eigenvalue weighted by Gasteiger charge is -2.37. The minimum absolute atomic E-state index is 0.0709. The summed E-state index contributed by atoms with van der Waals surface area (Å²) in [6.45, 7) is 6.09. The molecule has 148 valence electrons. The van der Waals surface area contributed by atoms with Crippen LogP contribution >= 0.6 is 0 Å². The number of benzene rings is 1. The molecule has 0 atom stereocenters. The number of rotatable bonds is 4. The summed E-state index contributed by atoms with van der Waals surface area (Å²) in [6.07, 6.45) is 3.21. The van der Waals surface area contributed by atoms with Crippen LogP contribution < -0.4 is 4.90 Å². The third-order valence-corrected chi connectivity index (χ3v) is 5.40. The number of aromatic nitrogens is 1. The van der Waals surface area contributed by atoms with Crippen molar-refractivity contribution in [2.45, 2.75) is 0 Å². The van der Waals surface area contributed by atoms with Crippen LogP contribution in [-0.4, -0.2) is 84.6 Å². The molecule has 0 spiro atoms. The summed E-state index contributed by atoms with van der Waals surface area (Å²) in [5.41, 5.74) is 1.05. The fourth-order valence-electron chi connectivity index (χ4n) is 3.85. The normalized spacial score (nSPS) is 18.4. The summed E-state index contributed by atoms with van der Waals surface area (Å²) in [4.78, 5) is 33.7. The zero-order valence-electron chi connectivity index (χ0n) is 15.6. The molecule has 0 saturated carbocycles. The molecule has 1 aromatic carbocycles. The Morgan fingerprint density at radius 2 is 1.82 bits per heavy atom. The van der Waals surface area contributed by atoms with Gasteiger partial charge in [-0.1, -0.05) is 0 Å². The highest BCUT2D eigenvalue weighted by atomic mass is 16.6. The van der Waals surface area contributed by atoms with Crippen LogP contribution in [0.5, 0.6) is 0 Å². The number of pyridine rings is 1. The highest BCUT2D eigenvalue weighted by Gasteiger charge is 2.24. The SMILES string of the molecule is O=C(CN1CCN(c2ccc([N+](=O)[O-])c3cnccc23)CC1)N1CCOCC1. The average Bonchev–Trinajstić information content (AvgIpc) is 2.74. The first-order chi connectivity index (χ1) is 13.6. The van der Waals surface area contributed by atoms with E-state index in [0.717, 1.165) is 37.3 Å². The Hall–Kier alpha value is -2.78. The molecule has 0 aliphatic carbocycles. The van der Waals surface area contributed by atoms with Gasteiger partial charge in [-0.25, -0.2) is 0 Å². The highest BCUT2D eigenvalue weighted by molar-refractivity contribution is 5.99. The number of carbonyl (C=O) groups is 1. The molecule has 9 nitrogen and oxygen atoms in total. The Morgan fingerprint density at radius 3 is 2.54 bits per heavy atom. The van der Waals surface area contributed by atoms with Gasteiger partial charge in [0.15, 0.2) is 0 Å². The molecule has 2 saturated heterocycles. The van der Waals surface area contributed by atoms with Gasteiger partial charge in [-0.15, -0.1) is 0 Å². The number of morpholine rings is 1. The number of nitrogens with zero attached hydrogens (tertiary/aromatic N) is 5. The Morgan fingerprint density at radius 1 is 1.07 bits per heavy atom. The average molecular weight is 385 g/mol. The number of hydrogen-bond donors (Lipinski definition) is 0.